The van der Waals surface area contributed by atoms with Gasteiger partial charge in [0.25, 0.3) is 0 Å². The molecule has 2 rings (SSSR count). The Bertz CT molecular complexity index is 507. The summed E-state index contributed by atoms with van der Waals surface area (Å²) < 4.78 is 5.94. The number of ether oxygens (including phenoxy) is 1. The largest absolute Gasteiger partial charge is 0.458 e. The van der Waals surface area contributed by atoms with E-state index < -0.39 is 5.41 Å². The standard InChI is InChI=1S/C22H40N4O2/c1-6-8-10-23-12-14-25(18-23)16-20(28-21(27)22(3,4)5)17-26-15-13-24(19-26)11-9-7-2/h12-15,20H,6-11,16-19H2,1-5H3. The summed E-state index contributed by atoms with van der Waals surface area (Å²) in [5.41, 5.74) is -0.486. The smallest absolute Gasteiger partial charge is 0.311 e. The van der Waals surface area contributed by atoms with Crippen molar-refractivity contribution in [2.24, 2.45) is 5.41 Å². The second-order valence-corrected chi connectivity index (χ2v) is 9.03. The van der Waals surface area contributed by atoms with E-state index in [1.807, 2.05) is 20.8 Å². The molecule has 2 heterocycles. The first kappa shape index (κ1) is 22.4. The summed E-state index contributed by atoms with van der Waals surface area (Å²) >= 11 is 0. The minimum Gasteiger partial charge on any atom is -0.458 e. The molecule has 0 amide bonds. The molecule has 0 radical (unpaired) electrons. The number of rotatable bonds is 11. The van der Waals surface area contributed by atoms with Crippen molar-refractivity contribution >= 4 is 5.97 Å². The van der Waals surface area contributed by atoms with Gasteiger partial charge in [-0.3, -0.25) is 4.79 Å². The van der Waals surface area contributed by atoms with Gasteiger partial charge in [0.2, 0.25) is 0 Å². The molecule has 160 valence electrons. The predicted octanol–water partition coefficient (Wildman–Crippen LogP) is 3.64. The van der Waals surface area contributed by atoms with E-state index >= 15 is 0 Å². The van der Waals surface area contributed by atoms with Gasteiger partial charge in [0.15, 0.2) is 0 Å². The average Bonchev–Trinajstić information content (AvgIpc) is 3.26. The minimum atomic E-state index is -0.486. The van der Waals surface area contributed by atoms with Crippen LogP contribution in [0.4, 0.5) is 0 Å². The van der Waals surface area contributed by atoms with E-state index in [0.717, 1.165) is 39.5 Å². The van der Waals surface area contributed by atoms with Crippen LogP contribution in [0.2, 0.25) is 0 Å². The van der Waals surface area contributed by atoms with Gasteiger partial charge in [-0.2, -0.15) is 0 Å². The lowest BCUT2D eigenvalue weighted by molar-refractivity contribution is -0.160. The Morgan fingerprint density at radius 3 is 1.68 bits per heavy atom. The highest BCUT2D eigenvalue weighted by Crippen LogP contribution is 2.19. The van der Waals surface area contributed by atoms with Crippen LogP contribution in [0.25, 0.3) is 0 Å². The first-order valence-electron chi connectivity index (χ1n) is 10.9. The Labute approximate surface area is 171 Å². The number of unbranched alkanes of at least 4 members (excludes halogenated alkanes) is 2. The van der Waals surface area contributed by atoms with Gasteiger partial charge in [-0.1, -0.05) is 26.7 Å². The molecule has 0 aromatic heterocycles. The Balaban J connectivity index is 1.90. The van der Waals surface area contributed by atoms with Crippen LogP contribution in [0.1, 0.15) is 60.3 Å². The fraction of sp³-hybridized carbons (Fsp3) is 0.773. The molecule has 0 fully saturated rings. The Hall–Kier alpha value is -1.85. The molecule has 0 N–H and O–H groups in total. The van der Waals surface area contributed by atoms with Gasteiger partial charge in [-0.15, -0.1) is 0 Å². The molecule has 0 aromatic carbocycles. The van der Waals surface area contributed by atoms with Crippen LogP contribution in [0.5, 0.6) is 0 Å². The molecule has 0 bridgehead atoms. The summed E-state index contributed by atoms with van der Waals surface area (Å²) in [6.07, 6.45) is 13.2. The fourth-order valence-electron chi connectivity index (χ4n) is 3.27. The van der Waals surface area contributed by atoms with Crippen molar-refractivity contribution in [2.45, 2.75) is 66.4 Å². The molecule has 0 saturated carbocycles. The SMILES string of the molecule is CCCCN1C=CN(CC(CN2C=CN(CCCC)C2)OC(=O)C(C)(C)C)C1. The third-order valence-corrected chi connectivity index (χ3v) is 5.06. The van der Waals surface area contributed by atoms with Crippen LogP contribution >= 0.6 is 0 Å². The molecular formula is C22H40N4O2. The maximum atomic E-state index is 12.5. The number of hydrogen-bond acceptors (Lipinski definition) is 6. The van der Waals surface area contributed by atoms with E-state index in [9.17, 15) is 4.79 Å². The molecule has 2 aliphatic heterocycles. The zero-order valence-corrected chi connectivity index (χ0v) is 18.6. The number of nitrogens with zero attached hydrogens (tertiary/aromatic N) is 4. The van der Waals surface area contributed by atoms with Gasteiger partial charge < -0.3 is 24.3 Å². The van der Waals surface area contributed by atoms with E-state index in [-0.39, 0.29) is 12.1 Å². The molecule has 6 heteroatoms. The molecule has 0 aliphatic carbocycles. The quantitative estimate of drug-likeness (QED) is 0.500. The van der Waals surface area contributed by atoms with Crippen molar-refractivity contribution < 1.29 is 9.53 Å². The minimum absolute atomic E-state index is 0.130. The molecule has 28 heavy (non-hydrogen) atoms. The van der Waals surface area contributed by atoms with Crippen molar-refractivity contribution in [1.29, 1.82) is 0 Å². The molecule has 2 aliphatic rings. The summed E-state index contributed by atoms with van der Waals surface area (Å²) in [6.45, 7) is 15.5. The Morgan fingerprint density at radius 1 is 0.857 bits per heavy atom. The first-order valence-corrected chi connectivity index (χ1v) is 10.9. The molecule has 0 atom stereocenters. The number of carbonyl (C=O) groups is 1. The normalized spacial score (nSPS) is 16.8. The molecular weight excluding hydrogens is 352 g/mol. The zero-order valence-electron chi connectivity index (χ0n) is 18.6. The predicted molar refractivity (Wildman–Crippen MR) is 114 cm³/mol. The zero-order chi connectivity index (χ0) is 20.6. The van der Waals surface area contributed by atoms with Crippen LogP contribution < -0.4 is 0 Å². The lowest BCUT2D eigenvalue weighted by atomic mass is 9.97. The van der Waals surface area contributed by atoms with Crippen molar-refractivity contribution in [3.63, 3.8) is 0 Å². The van der Waals surface area contributed by atoms with E-state index in [1.165, 1.54) is 25.7 Å². The van der Waals surface area contributed by atoms with Crippen LogP contribution in [0.15, 0.2) is 24.8 Å². The van der Waals surface area contributed by atoms with Crippen molar-refractivity contribution in [2.75, 3.05) is 39.5 Å². The second kappa shape index (κ2) is 10.6. The topological polar surface area (TPSA) is 39.3 Å². The summed E-state index contributed by atoms with van der Waals surface area (Å²) in [5.74, 6) is -0.130. The van der Waals surface area contributed by atoms with E-state index in [4.69, 9.17) is 4.74 Å². The monoisotopic (exact) mass is 392 g/mol. The maximum Gasteiger partial charge on any atom is 0.311 e. The van der Waals surface area contributed by atoms with Crippen LogP contribution in [0.3, 0.4) is 0 Å². The van der Waals surface area contributed by atoms with Crippen molar-refractivity contribution in [3.8, 4) is 0 Å². The third-order valence-electron chi connectivity index (χ3n) is 5.06. The van der Waals surface area contributed by atoms with E-state index in [2.05, 4.69) is 58.2 Å². The van der Waals surface area contributed by atoms with Gasteiger partial charge in [0, 0.05) is 37.9 Å². The lowest BCUT2D eigenvalue weighted by Crippen LogP contribution is -2.43. The highest BCUT2D eigenvalue weighted by atomic mass is 16.5. The van der Waals surface area contributed by atoms with E-state index in [0.29, 0.717) is 0 Å². The molecule has 0 spiro atoms. The third kappa shape index (κ3) is 7.28. The summed E-state index contributed by atoms with van der Waals surface area (Å²) in [4.78, 5) is 21.7. The summed E-state index contributed by atoms with van der Waals surface area (Å²) in [7, 11) is 0. The van der Waals surface area contributed by atoms with Gasteiger partial charge >= 0.3 is 5.97 Å². The highest BCUT2D eigenvalue weighted by Gasteiger charge is 2.29. The van der Waals surface area contributed by atoms with E-state index in [1.54, 1.807) is 0 Å². The van der Waals surface area contributed by atoms with Crippen molar-refractivity contribution in [1.82, 2.24) is 19.6 Å². The number of carbonyl (C=O) groups excluding carboxylic acids is 1. The Kier molecular flexibility index (Phi) is 8.52. The van der Waals surface area contributed by atoms with Crippen LogP contribution in [-0.2, 0) is 9.53 Å². The van der Waals surface area contributed by atoms with Gasteiger partial charge in [0.1, 0.15) is 6.10 Å². The summed E-state index contributed by atoms with van der Waals surface area (Å²) in [6, 6.07) is 0. The van der Waals surface area contributed by atoms with Gasteiger partial charge in [0.05, 0.1) is 31.8 Å². The van der Waals surface area contributed by atoms with Crippen LogP contribution in [-0.4, -0.2) is 71.2 Å². The average molecular weight is 393 g/mol. The molecule has 0 unspecified atom stereocenters. The highest BCUT2D eigenvalue weighted by molar-refractivity contribution is 5.75. The maximum absolute atomic E-state index is 12.5. The summed E-state index contributed by atoms with van der Waals surface area (Å²) in [5, 5.41) is 0. The van der Waals surface area contributed by atoms with Gasteiger partial charge in [-0.25, -0.2) is 0 Å². The second-order valence-electron chi connectivity index (χ2n) is 9.03. The lowest BCUT2D eigenvalue weighted by Gasteiger charge is -2.31. The Morgan fingerprint density at radius 2 is 1.29 bits per heavy atom. The fourth-order valence-corrected chi connectivity index (χ4v) is 3.27. The van der Waals surface area contributed by atoms with Crippen LogP contribution in [0, 0.1) is 5.41 Å². The molecule has 0 saturated heterocycles. The molecule has 0 aromatic rings. The first-order chi connectivity index (χ1) is 13.3. The number of esters is 1. The van der Waals surface area contributed by atoms with Crippen molar-refractivity contribution in [3.05, 3.63) is 24.8 Å². The number of hydrogen-bond donors (Lipinski definition) is 0. The van der Waals surface area contributed by atoms with Gasteiger partial charge in [-0.05, 0) is 33.6 Å². The molecule has 6 nitrogen and oxygen atoms in total.